The average Bonchev–Trinajstić information content (AvgIpc) is 2.35. The number of anilines is 1. The Morgan fingerprint density at radius 3 is 2.09 bits per heavy atom. The van der Waals surface area contributed by atoms with Gasteiger partial charge in [0.1, 0.15) is 5.75 Å². The summed E-state index contributed by atoms with van der Waals surface area (Å²) in [7, 11) is 0. The molecule has 0 atom stereocenters. The molecule has 0 bridgehead atoms. The van der Waals surface area contributed by atoms with Crippen molar-refractivity contribution in [3.63, 3.8) is 0 Å². The van der Waals surface area contributed by atoms with Crippen molar-refractivity contribution < 1.29 is 31.1 Å². The first kappa shape index (κ1) is 16.0. The van der Waals surface area contributed by atoms with Gasteiger partial charge in [0.25, 0.3) is 0 Å². The fourth-order valence-electron chi connectivity index (χ4n) is 1.89. The highest BCUT2D eigenvalue weighted by Gasteiger charge is 2.33. The Labute approximate surface area is 121 Å². The van der Waals surface area contributed by atoms with Crippen LogP contribution in [0.1, 0.15) is 5.56 Å². The van der Waals surface area contributed by atoms with Gasteiger partial charge in [0.05, 0.1) is 5.56 Å². The quantitative estimate of drug-likeness (QED) is 0.634. The lowest BCUT2D eigenvalue weighted by Gasteiger charge is -2.15. The highest BCUT2D eigenvalue weighted by molar-refractivity contribution is 5.74. The highest BCUT2D eigenvalue weighted by Crippen LogP contribution is 2.38. The van der Waals surface area contributed by atoms with Gasteiger partial charge < -0.3 is 10.5 Å². The first-order chi connectivity index (χ1) is 10.1. The van der Waals surface area contributed by atoms with Gasteiger partial charge in [0.15, 0.2) is 0 Å². The monoisotopic (exact) mass is 321 g/mol. The fraction of sp³-hybridized carbons (Fsp3) is 0.143. The van der Waals surface area contributed by atoms with Crippen molar-refractivity contribution in [1.29, 1.82) is 0 Å². The Hall–Kier alpha value is -2.38. The summed E-state index contributed by atoms with van der Waals surface area (Å²) in [5.41, 5.74) is 3.88. The number of hydrogen-bond donors (Lipinski definition) is 1. The molecule has 0 aliphatic rings. The Balaban J connectivity index is 2.55. The SMILES string of the molecule is Nc1cc(-c2ccccc2OC(F)(F)F)cc(C(F)(F)F)c1. The lowest BCUT2D eigenvalue weighted by atomic mass is 10.0. The van der Waals surface area contributed by atoms with Gasteiger partial charge in [-0.1, -0.05) is 18.2 Å². The van der Waals surface area contributed by atoms with Crippen molar-refractivity contribution in [3.05, 3.63) is 48.0 Å². The molecular formula is C14H9F6NO. The third kappa shape index (κ3) is 3.84. The largest absolute Gasteiger partial charge is 0.573 e. The summed E-state index contributed by atoms with van der Waals surface area (Å²) in [5, 5.41) is 0. The molecule has 2 rings (SSSR count). The van der Waals surface area contributed by atoms with E-state index < -0.39 is 23.9 Å². The van der Waals surface area contributed by atoms with Gasteiger partial charge in [-0.2, -0.15) is 13.2 Å². The van der Waals surface area contributed by atoms with Crippen LogP contribution < -0.4 is 10.5 Å². The van der Waals surface area contributed by atoms with E-state index in [-0.39, 0.29) is 16.8 Å². The summed E-state index contributed by atoms with van der Waals surface area (Å²) < 4.78 is 79.2. The molecule has 0 spiro atoms. The maximum absolute atomic E-state index is 12.8. The molecule has 2 nitrogen and oxygen atoms in total. The summed E-state index contributed by atoms with van der Waals surface area (Å²) in [5.74, 6) is -0.603. The van der Waals surface area contributed by atoms with Crippen molar-refractivity contribution in [1.82, 2.24) is 0 Å². The third-order valence-electron chi connectivity index (χ3n) is 2.71. The fourth-order valence-corrected chi connectivity index (χ4v) is 1.89. The smallest absolute Gasteiger partial charge is 0.405 e. The Morgan fingerprint density at radius 1 is 0.864 bits per heavy atom. The van der Waals surface area contributed by atoms with Crippen molar-refractivity contribution in [3.8, 4) is 16.9 Å². The summed E-state index contributed by atoms with van der Waals surface area (Å²) in [6, 6.07) is 7.46. The average molecular weight is 321 g/mol. The van der Waals surface area contributed by atoms with E-state index in [0.29, 0.717) is 6.07 Å². The predicted molar refractivity (Wildman–Crippen MR) is 68.0 cm³/mol. The third-order valence-corrected chi connectivity index (χ3v) is 2.71. The molecule has 22 heavy (non-hydrogen) atoms. The van der Waals surface area contributed by atoms with E-state index in [2.05, 4.69) is 4.74 Å². The number of nitrogen functional groups attached to an aromatic ring is 1. The van der Waals surface area contributed by atoms with Crippen LogP contribution in [0.5, 0.6) is 5.75 Å². The predicted octanol–water partition coefficient (Wildman–Crippen LogP) is 4.85. The van der Waals surface area contributed by atoms with Gasteiger partial charge >= 0.3 is 12.5 Å². The van der Waals surface area contributed by atoms with E-state index in [1.165, 1.54) is 18.2 Å². The van der Waals surface area contributed by atoms with Gasteiger partial charge in [0, 0.05) is 11.3 Å². The maximum Gasteiger partial charge on any atom is 0.573 e. The molecule has 2 aromatic carbocycles. The molecule has 0 aromatic heterocycles. The van der Waals surface area contributed by atoms with Crippen LogP contribution in [-0.4, -0.2) is 6.36 Å². The van der Waals surface area contributed by atoms with Crippen LogP contribution in [0.2, 0.25) is 0 Å². The second kappa shape index (κ2) is 5.43. The zero-order chi connectivity index (χ0) is 16.5. The van der Waals surface area contributed by atoms with Gasteiger partial charge in [-0.25, -0.2) is 0 Å². The lowest BCUT2D eigenvalue weighted by molar-refractivity contribution is -0.274. The molecule has 0 aliphatic carbocycles. The van der Waals surface area contributed by atoms with Gasteiger partial charge in [-0.15, -0.1) is 13.2 Å². The first-order valence-corrected chi connectivity index (χ1v) is 5.89. The summed E-state index contributed by atoms with van der Waals surface area (Å²) in [6.07, 6.45) is -9.62. The molecule has 0 fully saturated rings. The van der Waals surface area contributed by atoms with E-state index in [9.17, 15) is 26.3 Å². The van der Waals surface area contributed by atoms with Crippen LogP contribution >= 0.6 is 0 Å². The number of para-hydroxylation sites is 1. The van der Waals surface area contributed by atoms with Gasteiger partial charge in [-0.05, 0) is 29.8 Å². The van der Waals surface area contributed by atoms with E-state index in [1.54, 1.807) is 0 Å². The lowest BCUT2D eigenvalue weighted by Crippen LogP contribution is -2.17. The normalized spacial score (nSPS) is 12.3. The van der Waals surface area contributed by atoms with E-state index in [0.717, 1.165) is 18.2 Å². The number of benzene rings is 2. The number of nitrogens with two attached hydrogens (primary N) is 1. The minimum absolute atomic E-state index is 0.118. The van der Waals surface area contributed by atoms with Crippen LogP contribution in [0.3, 0.4) is 0 Å². The van der Waals surface area contributed by atoms with Gasteiger partial charge in [0.2, 0.25) is 0 Å². The number of alkyl halides is 6. The molecule has 118 valence electrons. The minimum Gasteiger partial charge on any atom is -0.405 e. The second-order valence-electron chi connectivity index (χ2n) is 4.39. The van der Waals surface area contributed by atoms with Crippen molar-refractivity contribution in [2.24, 2.45) is 0 Å². The number of halogens is 6. The zero-order valence-electron chi connectivity index (χ0n) is 10.8. The second-order valence-corrected chi connectivity index (χ2v) is 4.39. The van der Waals surface area contributed by atoms with Crippen molar-refractivity contribution in [2.75, 3.05) is 5.73 Å². The number of rotatable bonds is 2. The molecule has 0 heterocycles. The van der Waals surface area contributed by atoms with Gasteiger partial charge in [-0.3, -0.25) is 0 Å². The maximum atomic E-state index is 12.8. The minimum atomic E-state index is -4.96. The topological polar surface area (TPSA) is 35.2 Å². The molecule has 0 amide bonds. The molecule has 0 unspecified atom stereocenters. The summed E-state index contributed by atoms with van der Waals surface area (Å²) >= 11 is 0. The molecule has 0 saturated heterocycles. The van der Waals surface area contributed by atoms with E-state index >= 15 is 0 Å². The van der Waals surface area contributed by atoms with Crippen LogP contribution in [0.4, 0.5) is 32.0 Å². The standard InChI is InChI=1S/C14H9F6NO/c15-13(16,17)9-5-8(6-10(21)7-9)11-3-1-2-4-12(11)22-14(18,19)20/h1-7H,21H2. The number of hydrogen-bond acceptors (Lipinski definition) is 2. The molecule has 0 saturated carbocycles. The summed E-state index contributed by atoms with van der Waals surface area (Å²) in [4.78, 5) is 0. The Kier molecular flexibility index (Phi) is 3.95. The molecule has 0 aliphatic heterocycles. The molecule has 0 radical (unpaired) electrons. The Bertz CT molecular complexity index is 678. The highest BCUT2D eigenvalue weighted by atomic mass is 19.4. The Morgan fingerprint density at radius 2 is 1.50 bits per heavy atom. The van der Waals surface area contributed by atoms with Crippen LogP contribution in [0, 0.1) is 0 Å². The first-order valence-electron chi connectivity index (χ1n) is 5.89. The molecule has 8 heteroatoms. The van der Waals surface area contributed by atoms with E-state index in [4.69, 9.17) is 5.73 Å². The van der Waals surface area contributed by atoms with Crippen LogP contribution in [0.15, 0.2) is 42.5 Å². The number of ether oxygens (including phenoxy) is 1. The molecule has 2 aromatic rings. The zero-order valence-corrected chi connectivity index (χ0v) is 10.8. The molecule has 2 N–H and O–H groups in total. The van der Waals surface area contributed by atoms with Crippen LogP contribution in [-0.2, 0) is 6.18 Å². The molecular weight excluding hydrogens is 312 g/mol. The van der Waals surface area contributed by atoms with Crippen molar-refractivity contribution >= 4 is 5.69 Å². The van der Waals surface area contributed by atoms with Crippen LogP contribution in [0.25, 0.3) is 11.1 Å². The van der Waals surface area contributed by atoms with Crippen molar-refractivity contribution in [2.45, 2.75) is 12.5 Å². The van der Waals surface area contributed by atoms with E-state index in [1.807, 2.05) is 0 Å². The summed E-state index contributed by atoms with van der Waals surface area (Å²) in [6.45, 7) is 0.